The van der Waals surface area contributed by atoms with Crippen molar-refractivity contribution in [2.75, 3.05) is 33.3 Å². The molecular formula is C24H32N4O2. The van der Waals surface area contributed by atoms with Gasteiger partial charge in [-0.1, -0.05) is 38.1 Å². The summed E-state index contributed by atoms with van der Waals surface area (Å²) in [5.74, 6) is 0.589. The zero-order valence-corrected chi connectivity index (χ0v) is 18.3. The van der Waals surface area contributed by atoms with Gasteiger partial charge < -0.3 is 9.64 Å². The quantitative estimate of drug-likeness (QED) is 0.754. The SMILES string of the molecule is COc1ncc(C(=O)N2CC[C@]3(CCCN(Cc4ccc(C(C)C)cc4)C3)C2)cn1. The van der Waals surface area contributed by atoms with E-state index in [2.05, 4.69) is 53.0 Å². The molecule has 1 aromatic carbocycles. The molecule has 160 valence electrons. The number of benzene rings is 1. The Kier molecular flexibility index (Phi) is 6.04. The van der Waals surface area contributed by atoms with Gasteiger partial charge in [0.1, 0.15) is 0 Å². The topological polar surface area (TPSA) is 58.6 Å². The van der Waals surface area contributed by atoms with E-state index in [1.54, 1.807) is 12.4 Å². The van der Waals surface area contributed by atoms with Crippen LogP contribution in [0.3, 0.4) is 0 Å². The van der Waals surface area contributed by atoms with Crippen LogP contribution in [0.5, 0.6) is 6.01 Å². The second-order valence-corrected chi connectivity index (χ2v) is 9.15. The molecule has 0 N–H and O–H groups in total. The van der Waals surface area contributed by atoms with Crippen molar-refractivity contribution in [3.05, 3.63) is 53.3 Å². The smallest absolute Gasteiger partial charge is 0.316 e. The average Bonchev–Trinajstić information content (AvgIpc) is 3.16. The molecule has 2 saturated heterocycles. The number of rotatable bonds is 5. The van der Waals surface area contributed by atoms with Crippen LogP contribution in [0.15, 0.2) is 36.7 Å². The Morgan fingerprint density at radius 2 is 1.83 bits per heavy atom. The zero-order chi connectivity index (χ0) is 21.1. The van der Waals surface area contributed by atoms with Gasteiger partial charge in [0, 0.05) is 44.0 Å². The number of amides is 1. The lowest BCUT2D eigenvalue weighted by molar-refractivity contribution is 0.0674. The molecule has 0 aliphatic carbocycles. The lowest BCUT2D eigenvalue weighted by Gasteiger charge is -2.40. The minimum atomic E-state index is 0.0240. The largest absolute Gasteiger partial charge is 0.467 e. The average molecular weight is 409 g/mol. The molecule has 1 amide bonds. The van der Waals surface area contributed by atoms with Gasteiger partial charge in [0.15, 0.2) is 0 Å². The molecule has 0 saturated carbocycles. The first-order chi connectivity index (χ1) is 14.5. The molecule has 0 radical (unpaired) electrons. The van der Waals surface area contributed by atoms with Gasteiger partial charge in [0.05, 0.1) is 12.7 Å². The standard InChI is InChI=1S/C24H32N4O2/c1-18(2)20-7-5-19(6-8-20)15-27-11-4-9-24(16-27)10-12-28(17-24)22(29)21-13-25-23(30-3)26-14-21/h5-8,13-14,18H,4,9-12,15-17H2,1-3H3/t24-/m0/s1. The van der Waals surface area contributed by atoms with Crippen LogP contribution in [-0.2, 0) is 6.54 Å². The Morgan fingerprint density at radius 1 is 1.10 bits per heavy atom. The van der Waals surface area contributed by atoms with Gasteiger partial charge in [-0.05, 0) is 42.9 Å². The summed E-state index contributed by atoms with van der Waals surface area (Å²) < 4.78 is 4.99. The maximum atomic E-state index is 12.9. The van der Waals surface area contributed by atoms with E-state index >= 15 is 0 Å². The second kappa shape index (κ2) is 8.72. The number of aromatic nitrogens is 2. The molecule has 2 fully saturated rings. The summed E-state index contributed by atoms with van der Waals surface area (Å²) in [5.41, 5.74) is 3.50. The fourth-order valence-corrected chi connectivity index (χ4v) is 4.87. The third-order valence-corrected chi connectivity index (χ3v) is 6.58. The van der Waals surface area contributed by atoms with Crippen molar-refractivity contribution in [1.82, 2.24) is 19.8 Å². The van der Waals surface area contributed by atoms with Crippen molar-refractivity contribution in [2.24, 2.45) is 5.41 Å². The molecule has 1 aromatic heterocycles. The number of carbonyl (C=O) groups is 1. The Hall–Kier alpha value is -2.47. The molecule has 0 unspecified atom stereocenters. The summed E-state index contributed by atoms with van der Waals surface area (Å²) in [7, 11) is 1.52. The van der Waals surface area contributed by atoms with E-state index in [0.717, 1.165) is 39.1 Å². The summed E-state index contributed by atoms with van der Waals surface area (Å²) in [5, 5.41) is 0. The molecule has 1 atom stereocenters. The molecular weight excluding hydrogens is 376 g/mol. The maximum absolute atomic E-state index is 12.9. The van der Waals surface area contributed by atoms with Gasteiger partial charge in [-0.3, -0.25) is 9.69 Å². The van der Waals surface area contributed by atoms with E-state index in [4.69, 9.17) is 4.74 Å². The van der Waals surface area contributed by atoms with E-state index in [9.17, 15) is 4.79 Å². The summed E-state index contributed by atoms with van der Waals surface area (Å²) in [6.07, 6.45) is 6.58. The van der Waals surface area contributed by atoms with E-state index in [1.807, 2.05) is 4.90 Å². The second-order valence-electron chi connectivity index (χ2n) is 9.15. The summed E-state index contributed by atoms with van der Waals surface area (Å²) in [4.78, 5) is 25.6. The monoisotopic (exact) mass is 408 g/mol. The molecule has 30 heavy (non-hydrogen) atoms. The van der Waals surface area contributed by atoms with Gasteiger partial charge in [0.2, 0.25) is 0 Å². The number of hydrogen-bond donors (Lipinski definition) is 0. The number of hydrogen-bond acceptors (Lipinski definition) is 5. The lowest BCUT2D eigenvalue weighted by Crippen LogP contribution is -2.45. The van der Waals surface area contributed by atoms with Crippen LogP contribution in [-0.4, -0.2) is 59.0 Å². The Morgan fingerprint density at radius 3 is 2.50 bits per heavy atom. The van der Waals surface area contributed by atoms with Crippen LogP contribution in [0.2, 0.25) is 0 Å². The van der Waals surface area contributed by atoms with Crippen LogP contribution in [0.25, 0.3) is 0 Å². The molecule has 2 aromatic rings. The molecule has 2 aliphatic heterocycles. The summed E-state index contributed by atoms with van der Waals surface area (Å²) >= 11 is 0. The minimum Gasteiger partial charge on any atom is -0.467 e. The highest BCUT2D eigenvalue weighted by Crippen LogP contribution is 2.39. The normalized spacial score (nSPS) is 22.1. The maximum Gasteiger partial charge on any atom is 0.316 e. The van der Waals surface area contributed by atoms with Crippen LogP contribution >= 0.6 is 0 Å². The molecule has 4 rings (SSSR count). The first-order valence-electron chi connectivity index (χ1n) is 10.9. The molecule has 6 heteroatoms. The number of piperidine rings is 1. The first kappa shape index (κ1) is 20.8. The zero-order valence-electron chi connectivity index (χ0n) is 18.3. The van der Waals surface area contributed by atoms with Crippen molar-refractivity contribution in [3.63, 3.8) is 0 Å². The number of ether oxygens (including phenoxy) is 1. The molecule has 6 nitrogen and oxygen atoms in total. The third kappa shape index (κ3) is 4.48. The van der Waals surface area contributed by atoms with Crippen molar-refractivity contribution in [3.8, 4) is 6.01 Å². The third-order valence-electron chi connectivity index (χ3n) is 6.58. The highest BCUT2D eigenvalue weighted by atomic mass is 16.5. The fraction of sp³-hybridized carbons (Fsp3) is 0.542. The molecule has 2 aliphatic rings. The van der Waals surface area contributed by atoms with E-state index in [-0.39, 0.29) is 17.3 Å². The summed E-state index contributed by atoms with van der Waals surface area (Å²) in [6.45, 7) is 9.27. The van der Waals surface area contributed by atoms with E-state index in [1.165, 1.54) is 31.1 Å². The number of carbonyl (C=O) groups excluding carboxylic acids is 1. The Bertz CT molecular complexity index is 866. The predicted octanol–water partition coefficient (Wildman–Crippen LogP) is 3.74. The van der Waals surface area contributed by atoms with Crippen molar-refractivity contribution in [2.45, 2.75) is 45.6 Å². The Balaban J connectivity index is 1.38. The molecule has 0 bridgehead atoms. The van der Waals surface area contributed by atoms with Crippen molar-refractivity contribution >= 4 is 5.91 Å². The molecule has 1 spiro atoms. The van der Waals surface area contributed by atoms with Crippen LogP contribution < -0.4 is 4.74 Å². The molecule has 3 heterocycles. The number of likely N-dealkylation sites (tertiary alicyclic amines) is 2. The number of methoxy groups -OCH3 is 1. The lowest BCUT2D eigenvalue weighted by atomic mass is 9.79. The van der Waals surface area contributed by atoms with E-state index < -0.39 is 0 Å². The van der Waals surface area contributed by atoms with Crippen molar-refractivity contribution in [1.29, 1.82) is 0 Å². The highest BCUT2D eigenvalue weighted by molar-refractivity contribution is 5.93. The fourth-order valence-electron chi connectivity index (χ4n) is 4.87. The van der Waals surface area contributed by atoms with Gasteiger partial charge in [0.25, 0.3) is 5.91 Å². The first-order valence-corrected chi connectivity index (χ1v) is 10.9. The highest BCUT2D eigenvalue weighted by Gasteiger charge is 2.42. The van der Waals surface area contributed by atoms with Crippen LogP contribution in [0, 0.1) is 5.41 Å². The van der Waals surface area contributed by atoms with Gasteiger partial charge in [-0.2, -0.15) is 0 Å². The van der Waals surface area contributed by atoms with Gasteiger partial charge in [-0.25, -0.2) is 9.97 Å². The minimum absolute atomic E-state index is 0.0240. The van der Waals surface area contributed by atoms with Crippen molar-refractivity contribution < 1.29 is 9.53 Å². The predicted molar refractivity (Wildman–Crippen MR) is 117 cm³/mol. The number of nitrogens with zero attached hydrogens (tertiary/aromatic N) is 4. The van der Waals surface area contributed by atoms with E-state index in [0.29, 0.717) is 11.5 Å². The van der Waals surface area contributed by atoms with Gasteiger partial charge in [-0.15, -0.1) is 0 Å². The Labute approximate surface area is 179 Å². The van der Waals surface area contributed by atoms with Gasteiger partial charge >= 0.3 is 6.01 Å². The van der Waals surface area contributed by atoms with Crippen LogP contribution in [0.1, 0.15) is 60.5 Å². The summed E-state index contributed by atoms with van der Waals surface area (Å²) in [6, 6.07) is 9.34. The van der Waals surface area contributed by atoms with Crippen LogP contribution in [0.4, 0.5) is 0 Å².